The molecule has 0 unspecified atom stereocenters. The number of sulfonamides is 1. The molecule has 0 fully saturated rings. The highest BCUT2D eigenvalue weighted by atomic mass is 32.2. The second kappa shape index (κ2) is 5.91. The number of hydrogen-bond acceptors (Lipinski definition) is 6. The van der Waals surface area contributed by atoms with E-state index in [0.717, 1.165) is 0 Å². The number of rotatable bonds is 6. The molecular weight excluding hydrogens is 268 g/mol. The quantitative estimate of drug-likeness (QED) is 0.774. The van der Waals surface area contributed by atoms with Crippen LogP contribution in [0.1, 0.15) is 11.4 Å². The first kappa shape index (κ1) is 13.7. The van der Waals surface area contributed by atoms with Crippen molar-refractivity contribution in [2.45, 2.75) is 17.9 Å². The molecule has 102 valence electrons. The Morgan fingerprint density at radius 1 is 1.32 bits per heavy atom. The van der Waals surface area contributed by atoms with Gasteiger partial charge in [-0.1, -0.05) is 23.4 Å². The van der Waals surface area contributed by atoms with Crippen LogP contribution in [0.4, 0.5) is 0 Å². The summed E-state index contributed by atoms with van der Waals surface area (Å²) in [5, 5.41) is 3.60. The molecule has 1 aromatic heterocycles. The minimum atomic E-state index is -3.57. The van der Waals surface area contributed by atoms with Gasteiger partial charge < -0.3 is 10.3 Å². The molecule has 8 heteroatoms. The van der Waals surface area contributed by atoms with Crippen LogP contribution in [-0.2, 0) is 23.0 Å². The SMILES string of the molecule is NCc1ccccc1S(=O)(=O)NCCc1ncon1. The first-order valence-corrected chi connectivity index (χ1v) is 7.14. The van der Waals surface area contributed by atoms with Gasteiger partial charge in [0.1, 0.15) is 0 Å². The smallest absolute Gasteiger partial charge is 0.240 e. The summed E-state index contributed by atoms with van der Waals surface area (Å²) in [6, 6.07) is 6.63. The fourth-order valence-electron chi connectivity index (χ4n) is 1.61. The van der Waals surface area contributed by atoms with Gasteiger partial charge in [0, 0.05) is 19.5 Å². The Morgan fingerprint density at radius 3 is 2.79 bits per heavy atom. The van der Waals surface area contributed by atoms with E-state index in [0.29, 0.717) is 17.8 Å². The largest absolute Gasteiger partial charge is 0.343 e. The normalized spacial score (nSPS) is 11.6. The first-order valence-electron chi connectivity index (χ1n) is 5.66. The first-order chi connectivity index (χ1) is 9.13. The van der Waals surface area contributed by atoms with Crippen LogP contribution in [0, 0.1) is 0 Å². The van der Waals surface area contributed by atoms with E-state index in [9.17, 15) is 8.42 Å². The number of aromatic nitrogens is 2. The predicted octanol–water partition coefficient (Wildman–Crippen LogP) is 0.0493. The highest BCUT2D eigenvalue weighted by molar-refractivity contribution is 7.89. The summed E-state index contributed by atoms with van der Waals surface area (Å²) >= 11 is 0. The van der Waals surface area contributed by atoms with E-state index in [4.69, 9.17) is 5.73 Å². The zero-order valence-corrected chi connectivity index (χ0v) is 10.9. The van der Waals surface area contributed by atoms with E-state index in [1.807, 2.05) is 0 Å². The average Bonchev–Trinajstić information content (AvgIpc) is 2.91. The Kier molecular flexibility index (Phi) is 4.25. The molecule has 0 atom stereocenters. The van der Waals surface area contributed by atoms with Gasteiger partial charge in [-0.15, -0.1) is 0 Å². The van der Waals surface area contributed by atoms with Crippen molar-refractivity contribution < 1.29 is 12.9 Å². The van der Waals surface area contributed by atoms with E-state index >= 15 is 0 Å². The molecule has 0 amide bonds. The van der Waals surface area contributed by atoms with Crippen LogP contribution in [0.5, 0.6) is 0 Å². The Bertz CT molecular complexity index is 625. The molecule has 0 spiro atoms. The molecule has 2 aromatic rings. The molecule has 1 aromatic carbocycles. The summed E-state index contributed by atoms with van der Waals surface area (Å²) in [6.45, 7) is 0.364. The third-order valence-electron chi connectivity index (χ3n) is 2.53. The Balaban J connectivity index is 2.05. The van der Waals surface area contributed by atoms with E-state index in [-0.39, 0.29) is 18.0 Å². The topological polar surface area (TPSA) is 111 Å². The third kappa shape index (κ3) is 3.37. The van der Waals surface area contributed by atoms with E-state index in [2.05, 4.69) is 19.4 Å². The molecule has 0 radical (unpaired) electrons. The highest BCUT2D eigenvalue weighted by Gasteiger charge is 2.16. The van der Waals surface area contributed by atoms with Crippen LogP contribution in [0.2, 0.25) is 0 Å². The summed E-state index contributed by atoms with van der Waals surface area (Å²) in [6.07, 6.45) is 1.56. The minimum Gasteiger partial charge on any atom is -0.343 e. The van der Waals surface area contributed by atoms with Crippen LogP contribution in [0.15, 0.2) is 40.1 Å². The van der Waals surface area contributed by atoms with E-state index in [1.165, 1.54) is 12.5 Å². The second-order valence-corrected chi connectivity index (χ2v) is 5.54. The van der Waals surface area contributed by atoms with Gasteiger partial charge in [-0.3, -0.25) is 0 Å². The number of benzene rings is 1. The molecule has 1 heterocycles. The van der Waals surface area contributed by atoms with Crippen LogP contribution in [0.3, 0.4) is 0 Å². The van der Waals surface area contributed by atoms with Crippen molar-refractivity contribution in [3.05, 3.63) is 42.0 Å². The van der Waals surface area contributed by atoms with Gasteiger partial charge in [0.2, 0.25) is 16.4 Å². The molecule has 19 heavy (non-hydrogen) atoms. The van der Waals surface area contributed by atoms with Crippen molar-refractivity contribution in [1.29, 1.82) is 0 Å². The van der Waals surface area contributed by atoms with E-state index < -0.39 is 10.0 Å². The van der Waals surface area contributed by atoms with Crippen LogP contribution in [-0.4, -0.2) is 25.1 Å². The maximum absolute atomic E-state index is 12.1. The van der Waals surface area contributed by atoms with Crippen molar-refractivity contribution in [3.8, 4) is 0 Å². The minimum absolute atomic E-state index is 0.169. The summed E-state index contributed by atoms with van der Waals surface area (Å²) < 4.78 is 31.3. The Hall–Kier alpha value is -1.77. The number of nitrogens with one attached hydrogen (secondary N) is 1. The Labute approximate surface area is 110 Å². The highest BCUT2D eigenvalue weighted by Crippen LogP contribution is 2.14. The second-order valence-electron chi connectivity index (χ2n) is 3.81. The molecule has 0 saturated heterocycles. The van der Waals surface area contributed by atoms with Crippen molar-refractivity contribution >= 4 is 10.0 Å². The monoisotopic (exact) mass is 282 g/mol. The molecule has 0 aliphatic carbocycles. The molecule has 2 rings (SSSR count). The average molecular weight is 282 g/mol. The number of hydrogen-bond donors (Lipinski definition) is 2. The molecule has 0 aliphatic heterocycles. The van der Waals surface area contributed by atoms with Gasteiger partial charge in [0.05, 0.1) is 4.90 Å². The van der Waals surface area contributed by atoms with Gasteiger partial charge in [0.15, 0.2) is 5.82 Å². The number of nitrogens with zero attached hydrogens (tertiary/aromatic N) is 2. The van der Waals surface area contributed by atoms with Gasteiger partial charge in [0.25, 0.3) is 0 Å². The summed E-state index contributed by atoms with van der Waals surface area (Å²) in [5.74, 6) is 0.454. The van der Waals surface area contributed by atoms with Crippen LogP contribution in [0.25, 0.3) is 0 Å². The van der Waals surface area contributed by atoms with Gasteiger partial charge in [-0.25, -0.2) is 13.1 Å². The molecule has 0 saturated carbocycles. The zero-order chi connectivity index (χ0) is 13.7. The lowest BCUT2D eigenvalue weighted by atomic mass is 10.2. The molecular formula is C11H14N4O3S. The van der Waals surface area contributed by atoms with Gasteiger partial charge in [-0.05, 0) is 11.6 Å². The van der Waals surface area contributed by atoms with Crippen LogP contribution >= 0.6 is 0 Å². The lowest BCUT2D eigenvalue weighted by Crippen LogP contribution is -2.27. The summed E-state index contributed by atoms with van der Waals surface area (Å²) in [7, 11) is -3.57. The summed E-state index contributed by atoms with van der Waals surface area (Å²) in [4.78, 5) is 4.01. The van der Waals surface area contributed by atoms with Gasteiger partial charge in [-0.2, -0.15) is 4.98 Å². The van der Waals surface area contributed by atoms with Gasteiger partial charge >= 0.3 is 0 Å². The van der Waals surface area contributed by atoms with Crippen molar-refractivity contribution in [2.24, 2.45) is 5.73 Å². The maximum atomic E-state index is 12.1. The van der Waals surface area contributed by atoms with Crippen molar-refractivity contribution in [3.63, 3.8) is 0 Å². The zero-order valence-electron chi connectivity index (χ0n) is 10.1. The van der Waals surface area contributed by atoms with Crippen LogP contribution < -0.4 is 10.5 Å². The number of nitrogens with two attached hydrogens (primary N) is 1. The fourth-order valence-corrected chi connectivity index (χ4v) is 2.89. The lowest BCUT2D eigenvalue weighted by Gasteiger charge is -2.09. The molecule has 0 aliphatic rings. The molecule has 7 nitrogen and oxygen atoms in total. The van der Waals surface area contributed by atoms with Crippen molar-refractivity contribution in [2.75, 3.05) is 6.54 Å². The summed E-state index contributed by atoms with van der Waals surface area (Å²) in [5.41, 5.74) is 6.11. The third-order valence-corrected chi connectivity index (χ3v) is 4.09. The molecule has 3 N–H and O–H groups in total. The predicted molar refractivity (Wildman–Crippen MR) is 67.5 cm³/mol. The molecule has 0 bridgehead atoms. The van der Waals surface area contributed by atoms with E-state index in [1.54, 1.807) is 18.2 Å². The fraction of sp³-hybridized carbons (Fsp3) is 0.273. The maximum Gasteiger partial charge on any atom is 0.240 e. The lowest BCUT2D eigenvalue weighted by molar-refractivity contribution is 0.410. The standard InChI is InChI=1S/C11H14N4O3S/c12-7-9-3-1-2-4-10(9)19(16,17)14-6-5-11-13-8-18-15-11/h1-4,8,14H,5-7,12H2. The van der Waals surface area contributed by atoms with Crippen molar-refractivity contribution in [1.82, 2.24) is 14.9 Å². The Morgan fingerprint density at radius 2 is 2.11 bits per heavy atom.